The van der Waals surface area contributed by atoms with Crippen molar-refractivity contribution in [1.82, 2.24) is 14.1 Å². The molecule has 5 heteroatoms. The van der Waals surface area contributed by atoms with E-state index in [9.17, 15) is 0 Å². The van der Waals surface area contributed by atoms with Crippen molar-refractivity contribution >= 4 is 49.6 Å². The Morgan fingerprint density at radius 1 is 0.591 bits per heavy atom. The van der Waals surface area contributed by atoms with Crippen LogP contribution >= 0.6 is 0 Å². The normalized spacial score (nSPS) is 17.2. The Kier molecular flexibility index (Phi) is 10.5. The standard InChI is InChI=1S/C61H62N4O/c1-37(2)47-21-15-22-48(38(3)4)56(47)42-32-43(60-63-57(40-17-11-9-12-18-40)58(66-60)41-19-13-10-14-20-41)34-46(33-42)64-53-28-24-39(5)31-51(53)49-27-26-45(36-55(49)64)65-54-29-25-44(61(6,7)8)35-52(54)50-23-16-30-62-59(50)65/h10,13-16,19-38,40,57-58H,9,11-12,17-18H2,1-8H3/t57-,58-/m1/s1. The fourth-order valence-electron chi connectivity index (χ4n) is 11.3. The first-order valence-corrected chi connectivity index (χ1v) is 24.5. The van der Waals surface area contributed by atoms with Gasteiger partial charge in [-0.15, -0.1) is 0 Å². The number of nitrogens with zero attached hydrogens (tertiary/aromatic N) is 4. The Labute approximate surface area is 390 Å². The van der Waals surface area contributed by atoms with Crippen molar-refractivity contribution in [1.29, 1.82) is 0 Å². The summed E-state index contributed by atoms with van der Waals surface area (Å²) < 4.78 is 12.1. The van der Waals surface area contributed by atoms with Crippen molar-refractivity contribution in [3.8, 4) is 22.5 Å². The minimum Gasteiger partial charge on any atom is -0.467 e. The molecule has 0 spiro atoms. The molecule has 1 saturated carbocycles. The van der Waals surface area contributed by atoms with Crippen LogP contribution in [0.1, 0.15) is 132 Å². The zero-order chi connectivity index (χ0) is 45.4. The summed E-state index contributed by atoms with van der Waals surface area (Å²) in [6, 6.07) is 50.1. The lowest BCUT2D eigenvalue weighted by molar-refractivity contribution is 0.150. The third kappa shape index (κ3) is 7.23. The number of aryl methyl sites for hydroxylation is 1. The maximum absolute atomic E-state index is 7.22. The van der Waals surface area contributed by atoms with Crippen LogP contribution in [0.2, 0.25) is 0 Å². The zero-order valence-electron chi connectivity index (χ0n) is 39.9. The number of hydrogen-bond donors (Lipinski definition) is 0. The van der Waals surface area contributed by atoms with Crippen LogP contribution in [0.15, 0.2) is 145 Å². The molecule has 9 aromatic rings. The molecule has 1 aliphatic carbocycles. The lowest BCUT2D eigenvalue weighted by Gasteiger charge is -2.29. The summed E-state index contributed by atoms with van der Waals surface area (Å²) in [6.45, 7) is 18.3. The molecule has 6 aromatic carbocycles. The third-order valence-corrected chi connectivity index (χ3v) is 14.7. The quantitative estimate of drug-likeness (QED) is 0.153. The van der Waals surface area contributed by atoms with E-state index in [1.54, 1.807) is 0 Å². The molecular weight excluding hydrogens is 805 g/mol. The van der Waals surface area contributed by atoms with Gasteiger partial charge in [0, 0.05) is 44.7 Å². The van der Waals surface area contributed by atoms with E-state index < -0.39 is 0 Å². The summed E-state index contributed by atoms with van der Waals surface area (Å²) in [4.78, 5) is 10.7. The average Bonchev–Trinajstić information content (AvgIpc) is 4.02. The molecule has 2 aliphatic rings. The van der Waals surface area contributed by atoms with Crippen molar-refractivity contribution in [3.63, 3.8) is 0 Å². The van der Waals surface area contributed by atoms with Crippen molar-refractivity contribution < 1.29 is 4.74 Å². The maximum atomic E-state index is 7.22. The first-order valence-electron chi connectivity index (χ1n) is 24.5. The number of hydrogen-bond acceptors (Lipinski definition) is 3. The largest absolute Gasteiger partial charge is 0.467 e. The molecule has 0 unspecified atom stereocenters. The second kappa shape index (κ2) is 16.5. The number of pyridine rings is 1. The van der Waals surface area contributed by atoms with Gasteiger partial charge in [0.05, 0.1) is 22.6 Å². The highest BCUT2D eigenvalue weighted by atomic mass is 16.5. The number of fused-ring (bicyclic) bond motifs is 6. The molecule has 2 atom stereocenters. The van der Waals surface area contributed by atoms with Gasteiger partial charge in [-0.05, 0) is 143 Å². The molecule has 66 heavy (non-hydrogen) atoms. The molecule has 1 fully saturated rings. The summed E-state index contributed by atoms with van der Waals surface area (Å²) in [6.07, 6.45) is 8.01. The molecular formula is C61H62N4O. The van der Waals surface area contributed by atoms with Gasteiger partial charge in [0.1, 0.15) is 11.8 Å². The molecule has 0 bridgehead atoms. The smallest absolute Gasteiger partial charge is 0.217 e. The van der Waals surface area contributed by atoms with Gasteiger partial charge in [-0.3, -0.25) is 4.57 Å². The van der Waals surface area contributed by atoms with E-state index in [1.165, 1.54) is 92.7 Å². The Morgan fingerprint density at radius 3 is 2.05 bits per heavy atom. The number of aromatic nitrogens is 3. The molecule has 5 nitrogen and oxygen atoms in total. The van der Waals surface area contributed by atoms with Gasteiger partial charge >= 0.3 is 0 Å². The highest BCUT2D eigenvalue weighted by molar-refractivity contribution is 6.12. The lowest BCUT2D eigenvalue weighted by Crippen LogP contribution is -2.25. The topological polar surface area (TPSA) is 44.3 Å². The van der Waals surface area contributed by atoms with Gasteiger partial charge in [-0.1, -0.05) is 140 Å². The minimum atomic E-state index is -0.122. The Morgan fingerprint density at radius 2 is 1.30 bits per heavy atom. The van der Waals surface area contributed by atoms with Gasteiger partial charge in [0.2, 0.25) is 5.90 Å². The highest BCUT2D eigenvalue weighted by Gasteiger charge is 2.39. The van der Waals surface area contributed by atoms with Gasteiger partial charge in [0.15, 0.2) is 0 Å². The second-order valence-corrected chi connectivity index (χ2v) is 20.9. The molecule has 3 aromatic heterocycles. The van der Waals surface area contributed by atoms with Crippen molar-refractivity contribution in [2.45, 2.75) is 117 Å². The first-order chi connectivity index (χ1) is 31.9. The lowest BCUT2D eigenvalue weighted by atomic mass is 9.81. The van der Waals surface area contributed by atoms with Gasteiger partial charge in [0.25, 0.3) is 0 Å². The van der Waals surface area contributed by atoms with Gasteiger partial charge in [-0.25, -0.2) is 9.98 Å². The molecule has 332 valence electrons. The first kappa shape index (κ1) is 42.2. The second-order valence-electron chi connectivity index (χ2n) is 20.9. The summed E-state index contributed by atoms with van der Waals surface area (Å²) in [5, 5.41) is 4.84. The zero-order valence-corrected chi connectivity index (χ0v) is 39.9. The van der Waals surface area contributed by atoms with Crippen LogP contribution in [0.4, 0.5) is 0 Å². The Balaban J connectivity index is 1.18. The molecule has 11 rings (SSSR count). The summed E-state index contributed by atoms with van der Waals surface area (Å²) in [5.41, 5.74) is 16.6. The third-order valence-electron chi connectivity index (χ3n) is 14.7. The van der Waals surface area contributed by atoms with E-state index in [0.717, 1.165) is 44.9 Å². The molecule has 0 radical (unpaired) electrons. The molecule has 1 aliphatic heterocycles. The van der Waals surface area contributed by atoms with Crippen LogP contribution in [0, 0.1) is 12.8 Å². The van der Waals surface area contributed by atoms with E-state index in [4.69, 9.17) is 14.7 Å². The monoisotopic (exact) mass is 866 g/mol. The fraction of sp³-hybridized carbons (Fsp3) is 0.311. The van der Waals surface area contributed by atoms with Gasteiger partial charge in [-0.2, -0.15) is 0 Å². The van der Waals surface area contributed by atoms with Crippen molar-refractivity contribution in [2.24, 2.45) is 10.9 Å². The van der Waals surface area contributed by atoms with Crippen LogP contribution in [0.5, 0.6) is 0 Å². The predicted octanol–water partition coefficient (Wildman–Crippen LogP) is 16.3. The molecule has 0 saturated heterocycles. The molecule has 4 heterocycles. The van der Waals surface area contributed by atoms with Crippen LogP contribution in [-0.2, 0) is 10.2 Å². The maximum Gasteiger partial charge on any atom is 0.217 e. The number of aliphatic imine (C=N–C) groups is 1. The summed E-state index contributed by atoms with van der Waals surface area (Å²) in [7, 11) is 0. The van der Waals surface area contributed by atoms with Crippen molar-refractivity contribution in [3.05, 3.63) is 173 Å². The van der Waals surface area contributed by atoms with E-state index in [0.29, 0.717) is 17.8 Å². The fourth-order valence-corrected chi connectivity index (χ4v) is 11.3. The summed E-state index contributed by atoms with van der Waals surface area (Å²) >= 11 is 0. The minimum absolute atomic E-state index is 0.0240. The molecule has 0 amide bonds. The van der Waals surface area contributed by atoms with Crippen LogP contribution in [0.25, 0.3) is 66.2 Å². The predicted molar refractivity (Wildman–Crippen MR) is 277 cm³/mol. The summed E-state index contributed by atoms with van der Waals surface area (Å²) in [5.74, 6) is 1.91. The molecule has 0 N–H and O–H groups in total. The highest BCUT2D eigenvalue weighted by Crippen LogP contribution is 2.44. The van der Waals surface area contributed by atoms with Crippen LogP contribution in [-0.4, -0.2) is 26.1 Å². The van der Waals surface area contributed by atoms with Gasteiger partial charge < -0.3 is 9.30 Å². The SMILES string of the molecule is Cc1ccc2c(c1)c1ccc(-n3c4ccc(C(C)(C)C)cc4c4cccnc43)cc1n2-c1cc(C2=N[C@H](C3CCCCC3)[C@@H](c3ccccc3)O2)cc(-c2c(C(C)C)cccc2C(C)C)c1. The van der Waals surface area contributed by atoms with Crippen LogP contribution < -0.4 is 0 Å². The van der Waals surface area contributed by atoms with E-state index in [-0.39, 0.29) is 17.6 Å². The van der Waals surface area contributed by atoms with E-state index >= 15 is 0 Å². The van der Waals surface area contributed by atoms with E-state index in [1.807, 2.05) is 6.20 Å². The van der Waals surface area contributed by atoms with Crippen LogP contribution in [0.3, 0.4) is 0 Å². The Hall–Kier alpha value is -6.46. The van der Waals surface area contributed by atoms with E-state index in [2.05, 4.69) is 198 Å². The number of benzene rings is 6. The number of rotatable bonds is 8. The Bertz CT molecular complexity index is 3310. The number of ether oxygens (including phenoxy) is 1. The van der Waals surface area contributed by atoms with Crippen molar-refractivity contribution in [2.75, 3.05) is 0 Å². The average molecular weight is 867 g/mol.